The lowest BCUT2D eigenvalue weighted by atomic mass is 9.82. The van der Waals surface area contributed by atoms with Crippen molar-refractivity contribution >= 4 is 28.8 Å². The number of carboxylic acid groups (broad SMARTS) is 2. The third kappa shape index (κ3) is 6.79. The maximum Gasteiger partial charge on any atom is 0.328 e. The highest BCUT2D eigenvalue weighted by atomic mass is 16.5. The first-order valence-electron chi connectivity index (χ1n) is 12.6. The first-order chi connectivity index (χ1) is 19.2. The number of aliphatic carboxylic acids is 2. The van der Waals surface area contributed by atoms with Gasteiger partial charge in [-0.2, -0.15) is 5.10 Å². The quantitative estimate of drug-likeness (QED) is 0.213. The smallest absolute Gasteiger partial charge is 0.328 e. The summed E-state index contributed by atoms with van der Waals surface area (Å²) >= 11 is 0. The fourth-order valence-electron chi connectivity index (χ4n) is 4.49. The number of hydrogen-bond acceptors (Lipinski definition) is 9. The molecular formula is C28H30N6O6. The van der Waals surface area contributed by atoms with E-state index in [1.54, 1.807) is 0 Å². The number of nitrogens with two attached hydrogens (primary N) is 2. The molecule has 40 heavy (non-hydrogen) atoms. The van der Waals surface area contributed by atoms with Crippen molar-refractivity contribution in [1.29, 1.82) is 0 Å². The largest absolute Gasteiger partial charge is 0.478 e. The number of carbonyl (C=O) groups is 2. The Morgan fingerprint density at radius 1 is 0.975 bits per heavy atom. The molecule has 0 aliphatic heterocycles. The molecule has 2 heterocycles. The summed E-state index contributed by atoms with van der Waals surface area (Å²) in [6.45, 7) is 0.275. The Morgan fingerprint density at radius 2 is 1.57 bits per heavy atom. The predicted molar refractivity (Wildman–Crippen MR) is 148 cm³/mol. The number of nitrogen functional groups attached to an aromatic ring is 1. The fraction of sp³-hybridized carbons (Fsp3) is 0.250. The molecule has 12 nitrogen and oxygen atoms in total. The fourth-order valence-corrected chi connectivity index (χ4v) is 4.49. The molecule has 1 saturated carbocycles. The summed E-state index contributed by atoms with van der Waals surface area (Å²) in [7, 11) is 0. The van der Waals surface area contributed by atoms with Crippen molar-refractivity contribution in [3.05, 3.63) is 73.1 Å². The molecule has 0 atom stereocenters. The van der Waals surface area contributed by atoms with Crippen LogP contribution in [0.1, 0.15) is 31.7 Å². The van der Waals surface area contributed by atoms with Crippen LogP contribution in [-0.4, -0.2) is 59.2 Å². The minimum absolute atomic E-state index is 0.119. The van der Waals surface area contributed by atoms with Gasteiger partial charge >= 0.3 is 11.9 Å². The Balaban J connectivity index is 0.000000406. The van der Waals surface area contributed by atoms with Crippen molar-refractivity contribution in [3.63, 3.8) is 0 Å². The number of aliphatic hydroxyl groups is 1. The van der Waals surface area contributed by atoms with Crippen LogP contribution in [0.5, 0.6) is 11.5 Å². The summed E-state index contributed by atoms with van der Waals surface area (Å²) in [6.07, 6.45) is 5.41. The first-order valence-corrected chi connectivity index (χ1v) is 12.6. The molecule has 0 bridgehead atoms. The molecule has 7 N–H and O–H groups in total. The second kappa shape index (κ2) is 12.4. The van der Waals surface area contributed by atoms with E-state index in [1.807, 2.05) is 59.3 Å². The van der Waals surface area contributed by atoms with Crippen molar-refractivity contribution in [1.82, 2.24) is 19.7 Å². The van der Waals surface area contributed by atoms with Crippen molar-refractivity contribution in [2.75, 3.05) is 12.3 Å². The van der Waals surface area contributed by atoms with Crippen LogP contribution in [-0.2, 0) is 9.59 Å². The predicted octanol–water partition coefficient (Wildman–Crippen LogP) is 3.38. The standard InChI is InChI=1S/C24H26N6O2.C4H4O4/c25-14-24(31)12-10-17(11-13-24)30-23-20(22(26)27-15-28-23)21(29-30)16-6-8-19(9-7-16)32-18-4-2-1-3-5-18;5-3(6)1-2-4(7)8/h1-9,15,17,31H,10-14,25H2,(H2,26,27,28);1-2H,(H,5,6)(H,7,8)/b;2-1-/t17-,24-;. The van der Waals surface area contributed by atoms with E-state index in [-0.39, 0.29) is 12.6 Å². The zero-order valence-corrected chi connectivity index (χ0v) is 21.6. The second-order valence-corrected chi connectivity index (χ2v) is 9.36. The molecule has 1 aliphatic rings. The van der Waals surface area contributed by atoms with E-state index in [0.29, 0.717) is 36.5 Å². The number of carboxylic acids is 2. The van der Waals surface area contributed by atoms with E-state index in [0.717, 1.165) is 41.0 Å². The van der Waals surface area contributed by atoms with Crippen LogP contribution >= 0.6 is 0 Å². The number of fused-ring (bicyclic) bond motifs is 1. The Hall–Kier alpha value is -4.81. The maximum absolute atomic E-state index is 10.5. The Bertz CT molecular complexity index is 1480. The molecule has 4 aromatic rings. The van der Waals surface area contributed by atoms with Crippen LogP contribution in [0.4, 0.5) is 5.82 Å². The number of aromatic nitrogens is 4. The van der Waals surface area contributed by atoms with Gasteiger partial charge in [0, 0.05) is 24.3 Å². The highest BCUT2D eigenvalue weighted by molar-refractivity contribution is 5.98. The highest BCUT2D eigenvalue weighted by Gasteiger charge is 2.34. The van der Waals surface area contributed by atoms with Crippen molar-refractivity contribution in [2.24, 2.45) is 5.73 Å². The van der Waals surface area contributed by atoms with Crippen molar-refractivity contribution < 1.29 is 29.6 Å². The summed E-state index contributed by atoms with van der Waals surface area (Å²) in [4.78, 5) is 27.8. The van der Waals surface area contributed by atoms with Crippen LogP contribution in [0.3, 0.4) is 0 Å². The summed E-state index contributed by atoms with van der Waals surface area (Å²) in [5, 5.41) is 31.8. The summed E-state index contributed by atoms with van der Waals surface area (Å²) < 4.78 is 7.84. The SMILES string of the molecule is NC[C@]1(O)CC[C@H](n2nc(-c3ccc(Oc4ccccc4)cc3)c3c(N)ncnc32)CC1.O=C(O)/C=C\C(=O)O. The number of nitrogens with zero attached hydrogens (tertiary/aromatic N) is 4. The van der Waals surface area contributed by atoms with Gasteiger partial charge in [0.15, 0.2) is 5.65 Å². The van der Waals surface area contributed by atoms with Crippen LogP contribution in [0, 0.1) is 0 Å². The topological polar surface area (TPSA) is 200 Å². The Labute approximate surface area is 229 Å². The van der Waals surface area contributed by atoms with Crippen molar-refractivity contribution in [2.45, 2.75) is 37.3 Å². The monoisotopic (exact) mass is 546 g/mol. The molecule has 0 spiro atoms. The zero-order chi connectivity index (χ0) is 28.7. The van der Waals surface area contributed by atoms with Gasteiger partial charge in [0.1, 0.15) is 29.3 Å². The summed E-state index contributed by atoms with van der Waals surface area (Å²) in [5.41, 5.74) is 13.6. The lowest BCUT2D eigenvalue weighted by Crippen LogP contribution is -2.41. The number of ether oxygens (including phenoxy) is 1. The van der Waals surface area contributed by atoms with Gasteiger partial charge in [-0.25, -0.2) is 24.2 Å². The number of hydrogen-bond donors (Lipinski definition) is 5. The van der Waals surface area contributed by atoms with E-state index in [4.69, 9.17) is 31.5 Å². The lowest BCUT2D eigenvalue weighted by Gasteiger charge is -2.35. The average Bonchev–Trinajstić information content (AvgIpc) is 3.35. The molecular weight excluding hydrogens is 516 g/mol. The number of benzene rings is 2. The minimum atomic E-state index is -1.26. The van der Waals surface area contributed by atoms with Gasteiger partial charge in [-0.3, -0.25) is 0 Å². The number of rotatable bonds is 7. The van der Waals surface area contributed by atoms with Crippen LogP contribution < -0.4 is 16.2 Å². The molecule has 0 unspecified atom stereocenters. The molecule has 1 aliphatic carbocycles. The molecule has 0 saturated heterocycles. The molecule has 1 fully saturated rings. The van der Waals surface area contributed by atoms with Gasteiger partial charge in [0.25, 0.3) is 0 Å². The van der Waals surface area contributed by atoms with E-state index in [1.165, 1.54) is 6.33 Å². The van der Waals surface area contributed by atoms with Crippen LogP contribution in [0.25, 0.3) is 22.3 Å². The maximum atomic E-state index is 10.5. The molecule has 12 heteroatoms. The molecule has 0 amide bonds. The van der Waals surface area contributed by atoms with Crippen LogP contribution in [0.2, 0.25) is 0 Å². The van der Waals surface area contributed by atoms with E-state index >= 15 is 0 Å². The lowest BCUT2D eigenvalue weighted by molar-refractivity contribution is -0.134. The molecule has 208 valence electrons. The van der Waals surface area contributed by atoms with E-state index in [2.05, 4.69) is 9.97 Å². The first kappa shape index (κ1) is 28.2. The van der Waals surface area contributed by atoms with E-state index in [9.17, 15) is 14.7 Å². The third-order valence-electron chi connectivity index (χ3n) is 6.60. The second-order valence-electron chi connectivity index (χ2n) is 9.36. The molecule has 2 aromatic carbocycles. The Morgan fingerprint density at radius 3 is 2.15 bits per heavy atom. The van der Waals surface area contributed by atoms with Gasteiger partial charge in [-0.15, -0.1) is 0 Å². The average molecular weight is 547 g/mol. The van der Waals surface area contributed by atoms with Gasteiger partial charge in [0.05, 0.1) is 17.0 Å². The zero-order valence-electron chi connectivity index (χ0n) is 21.6. The van der Waals surface area contributed by atoms with Gasteiger partial charge in [0.2, 0.25) is 0 Å². The Kier molecular flexibility index (Phi) is 8.72. The van der Waals surface area contributed by atoms with Crippen LogP contribution in [0.15, 0.2) is 73.1 Å². The van der Waals surface area contributed by atoms with Gasteiger partial charge in [-0.1, -0.05) is 18.2 Å². The number of anilines is 1. The summed E-state index contributed by atoms with van der Waals surface area (Å²) in [5.74, 6) is -0.599. The third-order valence-corrected chi connectivity index (χ3v) is 6.60. The molecule has 0 radical (unpaired) electrons. The molecule has 2 aromatic heterocycles. The van der Waals surface area contributed by atoms with E-state index < -0.39 is 17.5 Å². The van der Waals surface area contributed by atoms with Gasteiger partial charge < -0.3 is 31.5 Å². The normalized spacial score (nSPS) is 18.7. The molecule has 5 rings (SSSR count). The minimum Gasteiger partial charge on any atom is -0.478 e. The van der Waals surface area contributed by atoms with Gasteiger partial charge in [-0.05, 0) is 62.1 Å². The number of para-hydroxylation sites is 1. The highest BCUT2D eigenvalue weighted by Crippen LogP contribution is 2.38. The van der Waals surface area contributed by atoms with Crippen molar-refractivity contribution in [3.8, 4) is 22.8 Å². The summed E-state index contributed by atoms with van der Waals surface area (Å²) in [6, 6.07) is 17.5.